The van der Waals surface area contributed by atoms with Gasteiger partial charge in [0.2, 0.25) is 0 Å². The number of esters is 1. The van der Waals surface area contributed by atoms with Crippen molar-refractivity contribution >= 4 is 15.8 Å². The summed E-state index contributed by atoms with van der Waals surface area (Å²) >= 11 is 0. The normalized spacial score (nSPS) is 32.2. The highest BCUT2D eigenvalue weighted by atomic mass is 32.2. The molecule has 0 amide bonds. The molecule has 6 nitrogen and oxygen atoms in total. The minimum absolute atomic E-state index is 0.0542. The van der Waals surface area contributed by atoms with Gasteiger partial charge < -0.3 is 10.1 Å². The molecule has 20 heavy (non-hydrogen) atoms. The number of nitrogens with one attached hydrogen (secondary N) is 1. The summed E-state index contributed by atoms with van der Waals surface area (Å²) in [6, 6.07) is -0.419. The molecule has 3 atom stereocenters. The molecule has 0 aromatic carbocycles. The summed E-state index contributed by atoms with van der Waals surface area (Å²) in [6.07, 6.45) is 3.75. The van der Waals surface area contributed by atoms with Crippen LogP contribution in [0.4, 0.5) is 0 Å². The molecular formula is C13H24N2O4S. The van der Waals surface area contributed by atoms with Crippen LogP contribution in [0.3, 0.4) is 0 Å². The Balaban J connectivity index is 2.17. The zero-order chi connectivity index (χ0) is 14.8. The molecule has 2 rings (SSSR count). The SMILES string of the molecule is CCOC(=O)C1CNCCN1C1CCCC1S(C)(=O)=O. The molecule has 1 heterocycles. The molecule has 7 heteroatoms. The fraction of sp³-hybridized carbons (Fsp3) is 0.923. The summed E-state index contributed by atoms with van der Waals surface area (Å²) < 4.78 is 29.0. The molecule has 1 saturated heterocycles. The minimum Gasteiger partial charge on any atom is -0.465 e. The van der Waals surface area contributed by atoms with Crippen molar-refractivity contribution in [2.45, 2.75) is 43.5 Å². The molecule has 1 saturated carbocycles. The van der Waals surface area contributed by atoms with Crippen LogP contribution in [0.15, 0.2) is 0 Å². The van der Waals surface area contributed by atoms with Gasteiger partial charge in [0.1, 0.15) is 6.04 Å². The van der Waals surface area contributed by atoms with E-state index in [-0.39, 0.29) is 23.3 Å². The van der Waals surface area contributed by atoms with E-state index in [1.807, 2.05) is 4.90 Å². The summed E-state index contributed by atoms with van der Waals surface area (Å²) in [6.45, 7) is 4.14. The van der Waals surface area contributed by atoms with E-state index < -0.39 is 9.84 Å². The molecule has 0 aromatic heterocycles. The molecule has 116 valence electrons. The molecule has 1 aliphatic carbocycles. The molecular weight excluding hydrogens is 280 g/mol. The Kier molecular flexibility index (Phi) is 5.04. The first kappa shape index (κ1) is 15.7. The number of hydrogen-bond donors (Lipinski definition) is 1. The van der Waals surface area contributed by atoms with E-state index in [0.717, 1.165) is 19.4 Å². The first-order valence-corrected chi connectivity index (χ1v) is 9.22. The number of sulfone groups is 1. The van der Waals surface area contributed by atoms with Crippen molar-refractivity contribution in [1.82, 2.24) is 10.2 Å². The van der Waals surface area contributed by atoms with E-state index in [9.17, 15) is 13.2 Å². The van der Waals surface area contributed by atoms with Gasteiger partial charge in [-0.1, -0.05) is 6.42 Å². The molecule has 2 fully saturated rings. The number of ether oxygens (including phenoxy) is 1. The smallest absolute Gasteiger partial charge is 0.324 e. The highest BCUT2D eigenvalue weighted by molar-refractivity contribution is 7.91. The van der Waals surface area contributed by atoms with E-state index in [4.69, 9.17) is 4.74 Å². The van der Waals surface area contributed by atoms with Crippen molar-refractivity contribution in [1.29, 1.82) is 0 Å². The molecule has 1 aliphatic heterocycles. The number of hydrogen-bond acceptors (Lipinski definition) is 6. The van der Waals surface area contributed by atoms with Gasteiger partial charge in [-0.25, -0.2) is 8.42 Å². The van der Waals surface area contributed by atoms with Crippen molar-refractivity contribution in [3.63, 3.8) is 0 Å². The van der Waals surface area contributed by atoms with Crippen LogP contribution >= 0.6 is 0 Å². The minimum atomic E-state index is -3.08. The number of carbonyl (C=O) groups is 1. The first-order valence-electron chi connectivity index (χ1n) is 7.27. The number of nitrogens with zero attached hydrogens (tertiary/aromatic N) is 1. The van der Waals surface area contributed by atoms with Crippen molar-refractivity contribution in [3.8, 4) is 0 Å². The van der Waals surface area contributed by atoms with E-state index in [1.54, 1.807) is 6.92 Å². The second-order valence-corrected chi connectivity index (χ2v) is 7.84. The zero-order valence-corrected chi connectivity index (χ0v) is 13.0. The van der Waals surface area contributed by atoms with E-state index in [0.29, 0.717) is 26.1 Å². The Labute approximate surface area is 120 Å². The summed E-state index contributed by atoms with van der Waals surface area (Å²) in [5.74, 6) is -0.251. The van der Waals surface area contributed by atoms with Crippen LogP contribution in [0, 0.1) is 0 Å². The predicted molar refractivity (Wildman–Crippen MR) is 76.3 cm³/mol. The molecule has 0 radical (unpaired) electrons. The summed E-state index contributed by atoms with van der Waals surface area (Å²) in [4.78, 5) is 14.1. The molecule has 0 spiro atoms. The van der Waals surface area contributed by atoms with Gasteiger partial charge in [0.15, 0.2) is 9.84 Å². The second-order valence-electron chi connectivity index (χ2n) is 5.58. The van der Waals surface area contributed by atoms with Gasteiger partial charge in [-0.2, -0.15) is 0 Å². The largest absolute Gasteiger partial charge is 0.465 e. The topological polar surface area (TPSA) is 75.7 Å². The third-order valence-electron chi connectivity index (χ3n) is 4.24. The van der Waals surface area contributed by atoms with Crippen LogP contribution in [0.1, 0.15) is 26.2 Å². The van der Waals surface area contributed by atoms with Crippen molar-refractivity contribution < 1.29 is 17.9 Å². The van der Waals surface area contributed by atoms with Gasteiger partial charge in [0, 0.05) is 31.9 Å². The maximum absolute atomic E-state index is 12.1. The fourth-order valence-corrected chi connectivity index (χ4v) is 4.82. The van der Waals surface area contributed by atoms with Crippen LogP contribution < -0.4 is 5.32 Å². The van der Waals surface area contributed by atoms with Gasteiger partial charge in [-0.05, 0) is 19.8 Å². The standard InChI is InChI=1S/C13H24N2O4S/c1-3-19-13(16)11-9-14-7-8-15(11)10-5-4-6-12(10)20(2,17)18/h10-12,14H,3-9H2,1-2H3. The zero-order valence-electron chi connectivity index (χ0n) is 12.2. The molecule has 1 N–H and O–H groups in total. The molecule has 0 bridgehead atoms. The average Bonchev–Trinajstić information content (AvgIpc) is 2.88. The van der Waals surface area contributed by atoms with Crippen LogP contribution in [-0.2, 0) is 19.4 Å². The molecule has 2 aliphatic rings. The lowest BCUT2D eigenvalue weighted by atomic mass is 10.1. The van der Waals surface area contributed by atoms with Gasteiger partial charge in [0.25, 0.3) is 0 Å². The van der Waals surface area contributed by atoms with Crippen LogP contribution in [0.2, 0.25) is 0 Å². The number of rotatable bonds is 4. The van der Waals surface area contributed by atoms with Crippen LogP contribution in [-0.4, -0.2) is 69.1 Å². The third-order valence-corrected chi connectivity index (χ3v) is 5.89. The van der Waals surface area contributed by atoms with Crippen LogP contribution in [0.5, 0.6) is 0 Å². The summed E-state index contributed by atoms with van der Waals surface area (Å²) in [5.41, 5.74) is 0. The average molecular weight is 304 g/mol. The van der Waals surface area contributed by atoms with Crippen molar-refractivity contribution in [2.75, 3.05) is 32.5 Å². The van der Waals surface area contributed by atoms with E-state index in [1.165, 1.54) is 6.26 Å². The highest BCUT2D eigenvalue weighted by Crippen LogP contribution is 2.31. The lowest BCUT2D eigenvalue weighted by Gasteiger charge is -2.40. The monoisotopic (exact) mass is 304 g/mol. The van der Waals surface area contributed by atoms with E-state index >= 15 is 0 Å². The Morgan fingerprint density at radius 2 is 2.15 bits per heavy atom. The van der Waals surface area contributed by atoms with Gasteiger partial charge in [-0.15, -0.1) is 0 Å². The summed E-state index contributed by atoms with van der Waals surface area (Å²) in [5, 5.41) is 2.84. The second kappa shape index (κ2) is 6.41. The van der Waals surface area contributed by atoms with E-state index in [2.05, 4.69) is 5.32 Å². The Bertz CT molecular complexity index is 451. The molecule has 3 unspecified atom stereocenters. The lowest BCUT2D eigenvalue weighted by Crippen LogP contribution is -2.60. The quantitative estimate of drug-likeness (QED) is 0.724. The first-order chi connectivity index (χ1) is 9.45. The maximum atomic E-state index is 12.1. The van der Waals surface area contributed by atoms with Gasteiger partial charge in [-0.3, -0.25) is 9.69 Å². The van der Waals surface area contributed by atoms with Crippen LogP contribution in [0.25, 0.3) is 0 Å². The Morgan fingerprint density at radius 3 is 2.80 bits per heavy atom. The van der Waals surface area contributed by atoms with Gasteiger partial charge in [0.05, 0.1) is 11.9 Å². The molecule has 0 aromatic rings. The summed E-state index contributed by atoms with van der Waals surface area (Å²) in [7, 11) is -3.08. The third kappa shape index (κ3) is 3.32. The predicted octanol–water partition coefficient (Wildman–Crippen LogP) is -0.211. The van der Waals surface area contributed by atoms with Gasteiger partial charge >= 0.3 is 5.97 Å². The number of carbonyl (C=O) groups excluding carboxylic acids is 1. The highest BCUT2D eigenvalue weighted by Gasteiger charge is 2.43. The maximum Gasteiger partial charge on any atom is 0.324 e. The Morgan fingerprint density at radius 1 is 1.40 bits per heavy atom. The fourth-order valence-electron chi connectivity index (χ4n) is 3.36. The van der Waals surface area contributed by atoms with Crippen molar-refractivity contribution in [3.05, 3.63) is 0 Å². The number of piperazine rings is 1. The lowest BCUT2D eigenvalue weighted by molar-refractivity contribution is -0.151. The Hall–Kier alpha value is -0.660. The van der Waals surface area contributed by atoms with Crippen molar-refractivity contribution in [2.24, 2.45) is 0 Å².